The van der Waals surface area contributed by atoms with Crippen molar-refractivity contribution in [2.24, 2.45) is 0 Å². The third kappa shape index (κ3) is 4.91. The van der Waals surface area contributed by atoms with Crippen molar-refractivity contribution in [2.45, 2.75) is 25.8 Å². The SMILES string of the molecule is CNC(C)(C)C(=O)N(C)CCCOc1ccccc1. The molecule has 0 aromatic heterocycles. The topological polar surface area (TPSA) is 41.6 Å². The van der Waals surface area contributed by atoms with Gasteiger partial charge in [-0.2, -0.15) is 0 Å². The molecule has 0 heterocycles. The van der Waals surface area contributed by atoms with E-state index in [0.29, 0.717) is 13.2 Å². The van der Waals surface area contributed by atoms with Gasteiger partial charge in [-0.15, -0.1) is 0 Å². The summed E-state index contributed by atoms with van der Waals surface area (Å²) in [7, 11) is 3.62. The number of nitrogens with one attached hydrogen (secondary N) is 1. The molecule has 4 heteroatoms. The van der Waals surface area contributed by atoms with E-state index in [9.17, 15) is 4.79 Å². The van der Waals surface area contributed by atoms with Gasteiger partial charge in [0.15, 0.2) is 0 Å². The first-order chi connectivity index (χ1) is 8.97. The molecule has 0 fully saturated rings. The Labute approximate surface area is 115 Å². The molecule has 0 bridgehead atoms. The van der Waals surface area contributed by atoms with Crippen LogP contribution in [0.4, 0.5) is 0 Å². The number of amides is 1. The average molecular weight is 264 g/mol. The summed E-state index contributed by atoms with van der Waals surface area (Å²) in [6.45, 7) is 5.07. The van der Waals surface area contributed by atoms with Gasteiger partial charge in [0.25, 0.3) is 0 Å². The Hall–Kier alpha value is -1.55. The molecule has 0 unspecified atom stereocenters. The Morgan fingerprint density at radius 3 is 2.53 bits per heavy atom. The zero-order valence-corrected chi connectivity index (χ0v) is 12.3. The summed E-state index contributed by atoms with van der Waals surface area (Å²) in [5.41, 5.74) is -0.519. The van der Waals surface area contributed by atoms with Gasteiger partial charge in [0, 0.05) is 13.6 Å². The highest BCUT2D eigenvalue weighted by Gasteiger charge is 2.27. The molecule has 1 rings (SSSR count). The molecule has 19 heavy (non-hydrogen) atoms. The van der Waals surface area contributed by atoms with E-state index < -0.39 is 5.54 Å². The van der Waals surface area contributed by atoms with E-state index in [2.05, 4.69) is 5.32 Å². The third-order valence-corrected chi connectivity index (χ3v) is 3.16. The fourth-order valence-electron chi connectivity index (χ4n) is 1.69. The lowest BCUT2D eigenvalue weighted by Crippen LogP contribution is -2.51. The molecule has 0 aliphatic heterocycles. The summed E-state index contributed by atoms with van der Waals surface area (Å²) < 4.78 is 5.59. The summed E-state index contributed by atoms with van der Waals surface area (Å²) >= 11 is 0. The van der Waals surface area contributed by atoms with Crippen molar-refractivity contribution in [3.8, 4) is 5.75 Å². The summed E-state index contributed by atoms with van der Waals surface area (Å²) in [5, 5.41) is 3.02. The van der Waals surface area contributed by atoms with Crippen LogP contribution in [0.2, 0.25) is 0 Å². The number of hydrogen-bond donors (Lipinski definition) is 1. The second-order valence-electron chi connectivity index (χ2n) is 5.12. The largest absolute Gasteiger partial charge is 0.494 e. The molecule has 0 radical (unpaired) electrons. The van der Waals surface area contributed by atoms with Gasteiger partial charge in [-0.3, -0.25) is 4.79 Å². The first kappa shape index (κ1) is 15.5. The molecule has 0 saturated carbocycles. The first-order valence-corrected chi connectivity index (χ1v) is 6.59. The van der Waals surface area contributed by atoms with E-state index >= 15 is 0 Å². The molecular weight excluding hydrogens is 240 g/mol. The van der Waals surface area contributed by atoms with Gasteiger partial charge in [0.05, 0.1) is 12.1 Å². The monoisotopic (exact) mass is 264 g/mol. The number of benzene rings is 1. The highest BCUT2D eigenvalue weighted by Crippen LogP contribution is 2.09. The molecule has 0 atom stereocenters. The predicted molar refractivity (Wildman–Crippen MR) is 77.3 cm³/mol. The maximum absolute atomic E-state index is 12.1. The second kappa shape index (κ2) is 7.14. The van der Waals surface area contributed by atoms with Crippen LogP contribution in [0.1, 0.15) is 20.3 Å². The quantitative estimate of drug-likeness (QED) is 0.765. The Balaban J connectivity index is 2.28. The second-order valence-corrected chi connectivity index (χ2v) is 5.12. The molecule has 0 spiro atoms. The lowest BCUT2D eigenvalue weighted by atomic mass is 10.0. The number of para-hydroxylation sites is 1. The molecule has 1 aromatic rings. The van der Waals surface area contributed by atoms with Gasteiger partial charge in [0.2, 0.25) is 5.91 Å². The summed E-state index contributed by atoms with van der Waals surface area (Å²) in [4.78, 5) is 13.8. The molecule has 0 saturated heterocycles. The van der Waals surface area contributed by atoms with Crippen molar-refractivity contribution in [2.75, 3.05) is 27.2 Å². The normalized spacial score (nSPS) is 11.2. The van der Waals surface area contributed by atoms with Crippen molar-refractivity contribution in [1.29, 1.82) is 0 Å². The lowest BCUT2D eigenvalue weighted by molar-refractivity contribution is -0.135. The van der Waals surface area contributed by atoms with E-state index in [-0.39, 0.29) is 5.91 Å². The Kier molecular flexibility index (Phi) is 5.83. The van der Waals surface area contributed by atoms with E-state index in [0.717, 1.165) is 12.2 Å². The van der Waals surface area contributed by atoms with Gasteiger partial charge in [-0.05, 0) is 39.4 Å². The molecule has 0 aliphatic rings. The Bertz CT molecular complexity index is 390. The molecule has 0 aliphatic carbocycles. The number of nitrogens with zero attached hydrogens (tertiary/aromatic N) is 1. The maximum atomic E-state index is 12.1. The number of rotatable bonds is 7. The molecule has 1 N–H and O–H groups in total. The minimum absolute atomic E-state index is 0.0923. The van der Waals surface area contributed by atoms with Crippen molar-refractivity contribution >= 4 is 5.91 Å². The fourth-order valence-corrected chi connectivity index (χ4v) is 1.69. The van der Waals surface area contributed by atoms with Crippen LogP contribution >= 0.6 is 0 Å². The van der Waals surface area contributed by atoms with Crippen LogP contribution in [-0.4, -0.2) is 43.6 Å². The smallest absolute Gasteiger partial charge is 0.242 e. The van der Waals surface area contributed by atoms with Gasteiger partial charge < -0.3 is 15.0 Å². The number of hydrogen-bond acceptors (Lipinski definition) is 3. The van der Waals surface area contributed by atoms with Crippen molar-refractivity contribution in [3.05, 3.63) is 30.3 Å². The molecule has 106 valence electrons. The number of likely N-dealkylation sites (N-methyl/N-ethyl adjacent to an activating group) is 2. The van der Waals surface area contributed by atoms with Gasteiger partial charge in [-0.1, -0.05) is 18.2 Å². The van der Waals surface area contributed by atoms with E-state index in [4.69, 9.17) is 4.74 Å². The van der Waals surface area contributed by atoms with Crippen LogP contribution in [0.5, 0.6) is 5.75 Å². The number of carbonyl (C=O) groups is 1. The summed E-state index contributed by atoms with van der Waals surface area (Å²) in [6, 6.07) is 9.71. The zero-order valence-electron chi connectivity index (χ0n) is 12.3. The Morgan fingerprint density at radius 1 is 1.32 bits per heavy atom. The minimum atomic E-state index is -0.519. The van der Waals surface area contributed by atoms with Gasteiger partial charge >= 0.3 is 0 Å². The first-order valence-electron chi connectivity index (χ1n) is 6.59. The van der Waals surface area contributed by atoms with Gasteiger partial charge in [0.1, 0.15) is 5.75 Å². The number of ether oxygens (including phenoxy) is 1. The molecular formula is C15H24N2O2. The summed E-state index contributed by atoms with van der Waals surface area (Å²) in [6.07, 6.45) is 0.816. The third-order valence-electron chi connectivity index (χ3n) is 3.16. The highest BCUT2D eigenvalue weighted by atomic mass is 16.5. The van der Waals surface area contributed by atoms with Gasteiger partial charge in [-0.25, -0.2) is 0 Å². The van der Waals surface area contributed by atoms with Crippen LogP contribution < -0.4 is 10.1 Å². The zero-order chi connectivity index (χ0) is 14.3. The number of carbonyl (C=O) groups excluding carboxylic acids is 1. The summed E-state index contributed by atoms with van der Waals surface area (Å²) in [5.74, 6) is 0.960. The van der Waals surface area contributed by atoms with Crippen LogP contribution in [0, 0.1) is 0 Å². The van der Waals surface area contributed by atoms with Crippen LogP contribution in [0.15, 0.2) is 30.3 Å². The van der Waals surface area contributed by atoms with Crippen LogP contribution in [0.25, 0.3) is 0 Å². The van der Waals surface area contributed by atoms with Crippen molar-refractivity contribution < 1.29 is 9.53 Å². The standard InChI is InChI=1S/C15H24N2O2/c1-15(2,16-3)14(18)17(4)11-8-12-19-13-9-6-5-7-10-13/h5-7,9-10,16H,8,11-12H2,1-4H3. The van der Waals surface area contributed by atoms with Crippen LogP contribution in [-0.2, 0) is 4.79 Å². The van der Waals surface area contributed by atoms with Crippen LogP contribution in [0.3, 0.4) is 0 Å². The average Bonchev–Trinajstić information content (AvgIpc) is 2.43. The van der Waals surface area contributed by atoms with E-state index in [1.165, 1.54) is 0 Å². The molecule has 1 aromatic carbocycles. The fraction of sp³-hybridized carbons (Fsp3) is 0.533. The predicted octanol–water partition coefficient (Wildman–Crippen LogP) is 1.91. The molecule has 1 amide bonds. The maximum Gasteiger partial charge on any atom is 0.242 e. The Morgan fingerprint density at radius 2 is 1.95 bits per heavy atom. The lowest BCUT2D eigenvalue weighted by Gasteiger charge is -2.29. The molecule has 4 nitrogen and oxygen atoms in total. The minimum Gasteiger partial charge on any atom is -0.494 e. The van der Waals surface area contributed by atoms with Crippen molar-refractivity contribution in [3.63, 3.8) is 0 Å². The van der Waals surface area contributed by atoms with Crippen molar-refractivity contribution in [1.82, 2.24) is 10.2 Å². The van der Waals surface area contributed by atoms with E-state index in [1.807, 2.05) is 51.2 Å². The van der Waals surface area contributed by atoms with E-state index in [1.54, 1.807) is 11.9 Å². The highest BCUT2D eigenvalue weighted by molar-refractivity contribution is 5.85.